The summed E-state index contributed by atoms with van der Waals surface area (Å²) in [5.74, 6) is 1.21. The van der Waals surface area contributed by atoms with E-state index in [4.69, 9.17) is 9.26 Å². The first-order valence-corrected chi connectivity index (χ1v) is 8.28. The van der Waals surface area contributed by atoms with E-state index in [1.54, 1.807) is 6.07 Å². The molecule has 3 heterocycles. The molecule has 2 aromatic rings. The number of aryl methyl sites for hydroxylation is 1. The lowest BCUT2D eigenvalue weighted by Crippen LogP contribution is -2.36. The van der Waals surface area contributed by atoms with Crippen LogP contribution in [0.25, 0.3) is 0 Å². The molecule has 8 heteroatoms. The molecule has 0 spiro atoms. The Morgan fingerprint density at radius 1 is 1.38 bits per heavy atom. The molecule has 0 aliphatic carbocycles. The summed E-state index contributed by atoms with van der Waals surface area (Å²) in [7, 11) is 0. The molecule has 0 radical (unpaired) electrons. The van der Waals surface area contributed by atoms with Crippen molar-refractivity contribution in [3.8, 4) is 0 Å². The minimum absolute atomic E-state index is 0.169. The van der Waals surface area contributed by atoms with Crippen molar-refractivity contribution in [1.82, 2.24) is 25.7 Å². The van der Waals surface area contributed by atoms with E-state index in [0.29, 0.717) is 30.6 Å². The number of hydrogen-bond acceptors (Lipinski definition) is 6. The van der Waals surface area contributed by atoms with Crippen molar-refractivity contribution in [3.05, 3.63) is 29.2 Å². The molecule has 3 rings (SSSR count). The van der Waals surface area contributed by atoms with Crippen LogP contribution in [0.5, 0.6) is 0 Å². The van der Waals surface area contributed by atoms with Crippen LogP contribution in [0.15, 0.2) is 10.6 Å². The van der Waals surface area contributed by atoms with Crippen molar-refractivity contribution in [2.75, 3.05) is 13.2 Å². The molecule has 8 nitrogen and oxygen atoms in total. The van der Waals surface area contributed by atoms with Gasteiger partial charge in [0.2, 0.25) is 5.89 Å². The Balaban J connectivity index is 1.82. The van der Waals surface area contributed by atoms with Gasteiger partial charge >= 0.3 is 0 Å². The zero-order valence-corrected chi connectivity index (χ0v) is 14.2. The smallest absolute Gasteiger partial charge is 0.272 e. The Morgan fingerprint density at radius 2 is 2.12 bits per heavy atom. The van der Waals surface area contributed by atoms with Gasteiger partial charge < -0.3 is 14.6 Å². The predicted octanol–water partition coefficient (Wildman–Crippen LogP) is 2.12. The molecule has 0 saturated carbocycles. The quantitative estimate of drug-likeness (QED) is 0.868. The molecule has 1 aliphatic heterocycles. The fourth-order valence-corrected chi connectivity index (χ4v) is 2.79. The predicted molar refractivity (Wildman–Crippen MR) is 85.5 cm³/mol. The normalized spacial score (nSPS) is 17.2. The van der Waals surface area contributed by atoms with Crippen LogP contribution in [0.1, 0.15) is 66.5 Å². The van der Waals surface area contributed by atoms with Crippen molar-refractivity contribution in [3.63, 3.8) is 0 Å². The summed E-state index contributed by atoms with van der Waals surface area (Å²) in [5, 5.41) is 13.8. The van der Waals surface area contributed by atoms with Crippen LogP contribution >= 0.6 is 0 Å². The maximum absolute atomic E-state index is 12.5. The standard InChI is InChI=1S/C16H23N5O3/c1-9(2)14-18-16(24-21-14)13(11-4-6-23-7-5-11)17-15(22)12-8-10(3)19-20-12/h8-9,11,13H,4-7H2,1-3H3,(H,17,22)(H,19,20). The first-order chi connectivity index (χ1) is 11.5. The van der Waals surface area contributed by atoms with Crippen LogP contribution < -0.4 is 5.32 Å². The van der Waals surface area contributed by atoms with E-state index in [1.165, 1.54) is 0 Å². The summed E-state index contributed by atoms with van der Waals surface area (Å²) in [6.45, 7) is 7.20. The zero-order valence-electron chi connectivity index (χ0n) is 14.2. The molecule has 1 atom stereocenters. The van der Waals surface area contributed by atoms with Gasteiger partial charge in [-0.3, -0.25) is 9.89 Å². The SMILES string of the molecule is Cc1cc(C(=O)NC(c2nc(C(C)C)no2)C2CCOCC2)n[nH]1. The van der Waals surface area contributed by atoms with Gasteiger partial charge in [0.15, 0.2) is 5.82 Å². The average molecular weight is 333 g/mol. The summed E-state index contributed by atoms with van der Waals surface area (Å²) in [6.07, 6.45) is 1.67. The van der Waals surface area contributed by atoms with Crippen LogP contribution in [0.3, 0.4) is 0 Å². The molecule has 1 saturated heterocycles. The van der Waals surface area contributed by atoms with Gasteiger partial charge in [-0.2, -0.15) is 10.1 Å². The highest BCUT2D eigenvalue weighted by Gasteiger charge is 2.32. The fraction of sp³-hybridized carbons (Fsp3) is 0.625. The first-order valence-electron chi connectivity index (χ1n) is 8.28. The summed E-state index contributed by atoms with van der Waals surface area (Å²) >= 11 is 0. The Morgan fingerprint density at radius 3 is 2.71 bits per heavy atom. The lowest BCUT2D eigenvalue weighted by atomic mass is 9.91. The molecule has 2 N–H and O–H groups in total. The van der Waals surface area contributed by atoms with Crippen LogP contribution in [0.2, 0.25) is 0 Å². The Hall–Kier alpha value is -2.22. The monoisotopic (exact) mass is 333 g/mol. The number of aromatic amines is 1. The van der Waals surface area contributed by atoms with Crippen molar-refractivity contribution < 1.29 is 14.1 Å². The van der Waals surface area contributed by atoms with Gasteiger partial charge in [0.1, 0.15) is 11.7 Å². The Labute approximate surface area is 140 Å². The molecular formula is C16H23N5O3. The third-order valence-electron chi connectivity index (χ3n) is 4.20. The average Bonchev–Trinajstić information content (AvgIpc) is 3.22. The zero-order chi connectivity index (χ0) is 17.1. The highest BCUT2D eigenvalue weighted by Crippen LogP contribution is 2.30. The number of hydrogen-bond donors (Lipinski definition) is 2. The molecule has 1 unspecified atom stereocenters. The van der Waals surface area contributed by atoms with Gasteiger partial charge in [-0.25, -0.2) is 0 Å². The van der Waals surface area contributed by atoms with Gasteiger partial charge in [-0.1, -0.05) is 19.0 Å². The molecule has 1 fully saturated rings. The lowest BCUT2D eigenvalue weighted by Gasteiger charge is -2.28. The molecule has 2 aromatic heterocycles. The number of H-pyrrole nitrogens is 1. The van der Waals surface area contributed by atoms with Crippen LogP contribution in [-0.2, 0) is 4.74 Å². The summed E-state index contributed by atoms with van der Waals surface area (Å²) < 4.78 is 10.9. The van der Waals surface area contributed by atoms with E-state index < -0.39 is 0 Å². The number of nitrogens with one attached hydrogen (secondary N) is 2. The molecule has 1 amide bonds. The Bertz CT molecular complexity index is 687. The lowest BCUT2D eigenvalue weighted by molar-refractivity contribution is 0.0467. The topological polar surface area (TPSA) is 106 Å². The minimum Gasteiger partial charge on any atom is -0.381 e. The van der Waals surface area contributed by atoms with Gasteiger partial charge in [0.05, 0.1) is 0 Å². The summed E-state index contributed by atoms with van der Waals surface area (Å²) in [5.41, 5.74) is 1.19. The number of carbonyl (C=O) groups is 1. The maximum atomic E-state index is 12.5. The molecule has 0 bridgehead atoms. The number of carbonyl (C=O) groups excluding carboxylic acids is 1. The molecule has 1 aliphatic rings. The van der Waals surface area contributed by atoms with E-state index >= 15 is 0 Å². The molecule has 0 aromatic carbocycles. The van der Waals surface area contributed by atoms with E-state index in [2.05, 4.69) is 25.7 Å². The van der Waals surface area contributed by atoms with Crippen LogP contribution in [-0.4, -0.2) is 39.5 Å². The number of aromatic nitrogens is 4. The van der Waals surface area contributed by atoms with E-state index in [-0.39, 0.29) is 23.8 Å². The van der Waals surface area contributed by atoms with Crippen LogP contribution in [0, 0.1) is 12.8 Å². The molecular weight excluding hydrogens is 310 g/mol. The van der Waals surface area contributed by atoms with E-state index in [0.717, 1.165) is 18.5 Å². The van der Waals surface area contributed by atoms with Crippen molar-refractivity contribution in [2.24, 2.45) is 5.92 Å². The van der Waals surface area contributed by atoms with Crippen molar-refractivity contribution in [1.29, 1.82) is 0 Å². The third-order valence-corrected chi connectivity index (χ3v) is 4.20. The fourth-order valence-electron chi connectivity index (χ4n) is 2.79. The van der Waals surface area contributed by atoms with Gasteiger partial charge in [0, 0.05) is 24.8 Å². The van der Waals surface area contributed by atoms with Crippen molar-refractivity contribution >= 4 is 5.91 Å². The third kappa shape index (κ3) is 3.64. The summed E-state index contributed by atoms with van der Waals surface area (Å²) in [4.78, 5) is 17.0. The number of amides is 1. The van der Waals surface area contributed by atoms with Crippen molar-refractivity contribution in [2.45, 2.75) is 45.6 Å². The second-order valence-electron chi connectivity index (χ2n) is 6.48. The summed E-state index contributed by atoms with van der Waals surface area (Å²) in [6, 6.07) is 1.38. The van der Waals surface area contributed by atoms with E-state index in [9.17, 15) is 4.79 Å². The van der Waals surface area contributed by atoms with Crippen LogP contribution in [0.4, 0.5) is 0 Å². The number of ether oxygens (including phenoxy) is 1. The van der Waals surface area contributed by atoms with Gasteiger partial charge in [0.25, 0.3) is 5.91 Å². The first kappa shape index (κ1) is 16.6. The number of rotatable bonds is 5. The maximum Gasteiger partial charge on any atom is 0.272 e. The second-order valence-corrected chi connectivity index (χ2v) is 6.48. The highest BCUT2D eigenvalue weighted by molar-refractivity contribution is 5.92. The van der Waals surface area contributed by atoms with E-state index in [1.807, 2.05) is 20.8 Å². The second kappa shape index (κ2) is 7.12. The Kier molecular flexibility index (Phi) is 4.94. The largest absolute Gasteiger partial charge is 0.381 e. The number of nitrogens with zero attached hydrogens (tertiary/aromatic N) is 3. The van der Waals surface area contributed by atoms with Gasteiger partial charge in [-0.15, -0.1) is 0 Å². The molecule has 24 heavy (non-hydrogen) atoms. The molecule has 130 valence electrons. The highest BCUT2D eigenvalue weighted by atomic mass is 16.5. The van der Waals surface area contributed by atoms with Gasteiger partial charge in [-0.05, 0) is 31.7 Å². The minimum atomic E-state index is -0.335.